The summed E-state index contributed by atoms with van der Waals surface area (Å²) in [6.45, 7) is 0. The second-order valence-corrected chi connectivity index (χ2v) is 6.68. The third-order valence-corrected chi connectivity index (χ3v) is 4.50. The lowest BCUT2D eigenvalue weighted by Gasteiger charge is -2.10. The molecule has 1 aromatic carbocycles. The van der Waals surface area contributed by atoms with Crippen LogP contribution in [0.1, 0.15) is 0 Å². The molecule has 5 nitrogen and oxygen atoms in total. The molecule has 0 aliphatic carbocycles. The SMILES string of the molecule is O=c1[nH]cc(S(=O)(=O)Nc2cc(Cl)ccc2Cl)cc1Cl. The van der Waals surface area contributed by atoms with Gasteiger partial charge in [0.25, 0.3) is 15.6 Å². The molecule has 20 heavy (non-hydrogen) atoms. The van der Waals surface area contributed by atoms with Crippen molar-refractivity contribution in [2.24, 2.45) is 0 Å². The Labute approximate surface area is 129 Å². The highest BCUT2D eigenvalue weighted by Gasteiger charge is 2.17. The molecule has 2 rings (SSSR count). The third-order valence-electron chi connectivity index (χ3n) is 2.31. The number of aromatic nitrogens is 1. The molecule has 0 spiro atoms. The number of hydrogen-bond donors (Lipinski definition) is 2. The smallest absolute Gasteiger partial charge is 0.266 e. The molecule has 0 fully saturated rings. The number of halogens is 3. The first-order valence-electron chi connectivity index (χ1n) is 5.16. The van der Waals surface area contributed by atoms with E-state index in [1.165, 1.54) is 18.2 Å². The molecule has 106 valence electrons. The second-order valence-electron chi connectivity index (χ2n) is 3.74. The van der Waals surface area contributed by atoms with E-state index in [1.54, 1.807) is 0 Å². The first kappa shape index (κ1) is 15.2. The van der Waals surface area contributed by atoms with Gasteiger partial charge in [0.05, 0.1) is 10.7 Å². The van der Waals surface area contributed by atoms with Crippen molar-refractivity contribution in [2.45, 2.75) is 4.90 Å². The maximum Gasteiger partial charge on any atom is 0.266 e. The third kappa shape index (κ3) is 3.27. The van der Waals surface area contributed by atoms with Gasteiger partial charge in [-0.3, -0.25) is 9.52 Å². The maximum absolute atomic E-state index is 12.1. The molecule has 0 saturated carbocycles. The largest absolute Gasteiger partial charge is 0.326 e. The fraction of sp³-hybridized carbons (Fsp3) is 0. The highest BCUT2D eigenvalue weighted by atomic mass is 35.5. The van der Waals surface area contributed by atoms with E-state index in [0.717, 1.165) is 12.3 Å². The molecule has 9 heteroatoms. The lowest BCUT2D eigenvalue weighted by atomic mass is 10.3. The van der Waals surface area contributed by atoms with Crippen molar-refractivity contribution in [2.75, 3.05) is 4.72 Å². The monoisotopic (exact) mass is 352 g/mol. The fourth-order valence-corrected chi connectivity index (χ4v) is 3.07. The highest BCUT2D eigenvalue weighted by molar-refractivity contribution is 7.92. The molecule has 0 aliphatic heterocycles. The molecule has 0 atom stereocenters. The number of H-pyrrole nitrogens is 1. The molecule has 2 N–H and O–H groups in total. The van der Waals surface area contributed by atoms with E-state index in [0.29, 0.717) is 5.02 Å². The van der Waals surface area contributed by atoms with Crippen LogP contribution in [0.15, 0.2) is 40.2 Å². The van der Waals surface area contributed by atoms with Crippen molar-refractivity contribution >= 4 is 50.5 Å². The van der Waals surface area contributed by atoms with E-state index < -0.39 is 15.6 Å². The van der Waals surface area contributed by atoms with Crippen LogP contribution in [-0.2, 0) is 10.0 Å². The van der Waals surface area contributed by atoms with E-state index in [4.69, 9.17) is 34.8 Å². The van der Waals surface area contributed by atoms with Crippen molar-refractivity contribution in [3.05, 3.63) is 55.9 Å². The van der Waals surface area contributed by atoms with Crippen LogP contribution in [-0.4, -0.2) is 13.4 Å². The molecule has 1 aromatic heterocycles. The normalized spacial score (nSPS) is 11.3. The van der Waals surface area contributed by atoms with E-state index in [1.807, 2.05) is 0 Å². The Morgan fingerprint density at radius 2 is 1.75 bits per heavy atom. The van der Waals surface area contributed by atoms with E-state index in [2.05, 4.69) is 9.71 Å². The predicted molar refractivity (Wildman–Crippen MR) is 79.3 cm³/mol. The first-order valence-corrected chi connectivity index (χ1v) is 7.77. The van der Waals surface area contributed by atoms with Crippen molar-refractivity contribution in [3.63, 3.8) is 0 Å². The van der Waals surface area contributed by atoms with E-state index in [-0.39, 0.29) is 20.6 Å². The fourth-order valence-electron chi connectivity index (χ4n) is 1.37. The zero-order valence-corrected chi connectivity index (χ0v) is 12.7. The molecule has 0 unspecified atom stereocenters. The van der Waals surface area contributed by atoms with Gasteiger partial charge in [0.15, 0.2) is 0 Å². The average molecular weight is 354 g/mol. The van der Waals surface area contributed by atoms with Crippen molar-refractivity contribution in [3.8, 4) is 0 Å². The Bertz CT molecular complexity index is 818. The van der Waals surface area contributed by atoms with Crippen LogP contribution in [0.4, 0.5) is 5.69 Å². The molecule has 0 radical (unpaired) electrons. The predicted octanol–water partition coefficient (Wildman–Crippen LogP) is 3.14. The minimum absolute atomic E-state index is 0.126. The Balaban J connectivity index is 2.43. The van der Waals surface area contributed by atoms with Gasteiger partial charge in [-0.05, 0) is 24.3 Å². The van der Waals surface area contributed by atoms with Crippen LogP contribution in [0.3, 0.4) is 0 Å². The number of hydrogen-bond acceptors (Lipinski definition) is 3. The molecular formula is C11H7Cl3N2O3S. The van der Waals surface area contributed by atoms with Gasteiger partial charge < -0.3 is 4.98 Å². The van der Waals surface area contributed by atoms with Crippen LogP contribution in [0.5, 0.6) is 0 Å². The summed E-state index contributed by atoms with van der Waals surface area (Å²) in [7, 11) is -3.94. The van der Waals surface area contributed by atoms with Crippen LogP contribution >= 0.6 is 34.8 Å². The van der Waals surface area contributed by atoms with Crippen molar-refractivity contribution < 1.29 is 8.42 Å². The average Bonchev–Trinajstić information content (AvgIpc) is 2.36. The number of anilines is 1. The molecular weight excluding hydrogens is 347 g/mol. The summed E-state index contributed by atoms with van der Waals surface area (Å²) in [5.41, 5.74) is -0.451. The number of benzene rings is 1. The van der Waals surface area contributed by atoms with Gasteiger partial charge in [-0.15, -0.1) is 0 Å². The van der Waals surface area contributed by atoms with E-state index in [9.17, 15) is 13.2 Å². The quantitative estimate of drug-likeness (QED) is 0.889. The van der Waals surface area contributed by atoms with Gasteiger partial charge in [-0.25, -0.2) is 8.42 Å². The molecule has 0 amide bonds. The Hall–Kier alpha value is -1.21. The lowest BCUT2D eigenvalue weighted by Crippen LogP contribution is -2.16. The minimum atomic E-state index is -3.94. The van der Waals surface area contributed by atoms with Crippen LogP contribution in [0.2, 0.25) is 15.1 Å². The summed E-state index contributed by atoms with van der Waals surface area (Å²) >= 11 is 17.2. The molecule has 0 aliphatic rings. The van der Waals surface area contributed by atoms with Gasteiger partial charge in [0.1, 0.15) is 9.92 Å². The van der Waals surface area contributed by atoms with Crippen molar-refractivity contribution in [1.82, 2.24) is 4.98 Å². The van der Waals surface area contributed by atoms with Gasteiger partial charge >= 0.3 is 0 Å². The first-order chi connectivity index (χ1) is 9.29. The summed E-state index contributed by atoms with van der Waals surface area (Å²) < 4.78 is 26.5. The van der Waals surface area contributed by atoms with Gasteiger partial charge in [0, 0.05) is 11.2 Å². The van der Waals surface area contributed by atoms with Crippen LogP contribution < -0.4 is 10.3 Å². The summed E-state index contributed by atoms with van der Waals surface area (Å²) in [4.78, 5) is 13.1. The number of rotatable bonds is 3. The minimum Gasteiger partial charge on any atom is -0.326 e. The maximum atomic E-state index is 12.1. The summed E-state index contributed by atoms with van der Waals surface area (Å²) in [5, 5.41) is 0.283. The Morgan fingerprint density at radius 1 is 1.05 bits per heavy atom. The summed E-state index contributed by atoms with van der Waals surface area (Å²) in [5.74, 6) is 0. The molecule has 2 aromatic rings. The van der Waals surface area contributed by atoms with Crippen LogP contribution in [0.25, 0.3) is 0 Å². The second kappa shape index (κ2) is 5.65. The number of pyridine rings is 1. The topological polar surface area (TPSA) is 79.0 Å². The van der Waals surface area contributed by atoms with Crippen LogP contribution in [0, 0.1) is 0 Å². The highest BCUT2D eigenvalue weighted by Crippen LogP contribution is 2.27. The van der Waals surface area contributed by atoms with E-state index >= 15 is 0 Å². The lowest BCUT2D eigenvalue weighted by molar-refractivity contribution is 0.600. The number of aromatic amines is 1. The summed E-state index contributed by atoms with van der Waals surface area (Å²) in [6, 6.07) is 5.40. The van der Waals surface area contributed by atoms with Gasteiger partial charge in [0.2, 0.25) is 0 Å². The Morgan fingerprint density at radius 3 is 2.40 bits per heavy atom. The van der Waals surface area contributed by atoms with Gasteiger partial charge in [-0.2, -0.15) is 0 Å². The van der Waals surface area contributed by atoms with Gasteiger partial charge in [-0.1, -0.05) is 34.8 Å². The van der Waals surface area contributed by atoms with Crippen molar-refractivity contribution in [1.29, 1.82) is 0 Å². The Kier molecular flexibility index (Phi) is 4.29. The summed E-state index contributed by atoms with van der Waals surface area (Å²) in [6.07, 6.45) is 1.04. The number of nitrogens with one attached hydrogen (secondary N) is 2. The molecule has 1 heterocycles. The standard InChI is InChI=1S/C11H7Cl3N2O3S/c12-6-1-2-8(13)10(3-6)16-20(18,19)7-4-9(14)11(17)15-5-7/h1-5,16H,(H,15,17). The number of sulfonamides is 1. The zero-order chi connectivity index (χ0) is 14.9. The zero-order valence-electron chi connectivity index (χ0n) is 9.65. The molecule has 0 bridgehead atoms. The molecule has 0 saturated heterocycles.